The Labute approximate surface area is 106 Å². The zero-order valence-electron chi connectivity index (χ0n) is 10.8. The van der Waals surface area contributed by atoms with Crippen LogP contribution in [0.5, 0.6) is 5.75 Å². The summed E-state index contributed by atoms with van der Waals surface area (Å²) in [6, 6.07) is 9.89. The van der Waals surface area contributed by atoms with Crippen LogP contribution in [0.3, 0.4) is 0 Å². The first kappa shape index (κ1) is 12.2. The highest BCUT2D eigenvalue weighted by Crippen LogP contribution is 2.23. The predicted molar refractivity (Wildman–Crippen MR) is 69.3 cm³/mol. The summed E-state index contributed by atoms with van der Waals surface area (Å²) in [5.74, 6) is 1.70. The summed E-state index contributed by atoms with van der Waals surface area (Å²) >= 11 is 0. The zero-order chi connectivity index (χ0) is 13.1. The summed E-state index contributed by atoms with van der Waals surface area (Å²) in [6.45, 7) is 1.98. The van der Waals surface area contributed by atoms with Crippen molar-refractivity contribution in [2.24, 2.45) is 7.05 Å². The number of nitrogens with zero attached hydrogens (tertiary/aromatic N) is 3. The SMILES string of the molecule is COc1ccc(-c2nc(CC#N)c(C)n2C)cc1. The van der Waals surface area contributed by atoms with Crippen LogP contribution in [0.25, 0.3) is 11.4 Å². The molecule has 0 aliphatic heterocycles. The van der Waals surface area contributed by atoms with Crippen LogP contribution in [-0.4, -0.2) is 16.7 Å². The second-order valence-electron chi connectivity index (χ2n) is 4.09. The lowest BCUT2D eigenvalue weighted by molar-refractivity contribution is 0.415. The Hall–Kier alpha value is -2.28. The van der Waals surface area contributed by atoms with Gasteiger partial charge in [-0.05, 0) is 31.2 Å². The van der Waals surface area contributed by atoms with E-state index in [2.05, 4.69) is 11.1 Å². The van der Waals surface area contributed by atoms with Crippen molar-refractivity contribution in [3.05, 3.63) is 35.7 Å². The molecule has 4 nitrogen and oxygen atoms in total. The van der Waals surface area contributed by atoms with E-state index in [4.69, 9.17) is 10.00 Å². The lowest BCUT2D eigenvalue weighted by Gasteiger charge is -2.04. The quantitative estimate of drug-likeness (QED) is 0.829. The van der Waals surface area contributed by atoms with Crippen LogP contribution in [0.4, 0.5) is 0 Å². The van der Waals surface area contributed by atoms with Gasteiger partial charge in [0.05, 0.1) is 25.3 Å². The Bertz CT molecular complexity index is 591. The standard InChI is InChI=1S/C14H15N3O/c1-10-13(8-9-15)16-14(17(10)2)11-4-6-12(18-3)7-5-11/h4-7H,8H2,1-3H3. The fourth-order valence-corrected chi connectivity index (χ4v) is 1.88. The maximum Gasteiger partial charge on any atom is 0.140 e. The number of methoxy groups -OCH3 is 1. The summed E-state index contributed by atoms with van der Waals surface area (Å²) < 4.78 is 7.14. The van der Waals surface area contributed by atoms with Crippen molar-refractivity contribution in [2.45, 2.75) is 13.3 Å². The molecule has 2 aromatic rings. The summed E-state index contributed by atoms with van der Waals surface area (Å²) in [7, 11) is 3.60. The number of nitriles is 1. The highest BCUT2D eigenvalue weighted by atomic mass is 16.5. The van der Waals surface area contributed by atoms with E-state index in [1.165, 1.54) is 0 Å². The van der Waals surface area contributed by atoms with Crippen molar-refractivity contribution in [1.29, 1.82) is 5.26 Å². The molecule has 0 saturated heterocycles. The second kappa shape index (κ2) is 4.92. The number of ether oxygens (including phenoxy) is 1. The number of benzene rings is 1. The minimum atomic E-state index is 0.343. The van der Waals surface area contributed by atoms with E-state index in [1.807, 2.05) is 42.8 Å². The number of hydrogen-bond donors (Lipinski definition) is 0. The van der Waals surface area contributed by atoms with Crippen molar-refractivity contribution in [1.82, 2.24) is 9.55 Å². The predicted octanol–water partition coefficient (Wildman–Crippen LogP) is 2.47. The van der Waals surface area contributed by atoms with Crippen molar-refractivity contribution >= 4 is 0 Å². The fourth-order valence-electron chi connectivity index (χ4n) is 1.88. The number of hydrogen-bond acceptors (Lipinski definition) is 3. The third kappa shape index (κ3) is 2.07. The molecule has 0 saturated carbocycles. The van der Waals surface area contributed by atoms with E-state index in [0.29, 0.717) is 6.42 Å². The maximum absolute atomic E-state index is 8.77. The van der Waals surface area contributed by atoms with Gasteiger partial charge in [0.1, 0.15) is 11.6 Å². The lowest BCUT2D eigenvalue weighted by Crippen LogP contribution is -1.95. The fraction of sp³-hybridized carbons (Fsp3) is 0.286. The molecular weight excluding hydrogens is 226 g/mol. The van der Waals surface area contributed by atoms with E-state index in [1.54, 1.807) is 7.11 Å². The molecule has 0 N–H and O–H groups in total. The average molecular weight is 241 g/mol. The first-order chi connectivity index (χ1) is 8.67. The number of aromatic nitrogens is 2. The van der Waals surface area contributed by atoms with Gasteiger partial charge in [0.25, 0.3) is 0 Å². The van der Waals surface area contributed by atoms with E-state index in [0.717, 1.165) is 28.5 Å². The smallest absolute Gasteiger partial charge is 0.140 e. The third-order valence-corrected chi connectivity index (χ3v) is 3.07. The van der Waals surface area contributed by atoms with Gasteiger partial charge in [-0.15, -0.1) is 0 Å². The van der Waals surface area contributed by atoms with E-state index in [-0.39, 0.29) is 0 Å². The summed E-state index contributed by atoms with van der Waals surface area (Å²) in [6.07, 6.45) is 0.343. The molecule has 0 spiro atoms. The zero-order valence-corrected chi connectivity index (χ0v) is 10.8. The molecule has 92 valence electrons. The Kier molecular flexibility index (Phi) is 3.33. The Morgan fingerprint density at radius 1 is 1.33 bits per heavy atom. The van der Waals surface area contributed by atoms with Crippen LogP contribution >= 0.6 is 0 Å². The molecule has 4 heteroatoms. The summed E-state index contributed by atoms with van der Waals surface area (Å²) in [5, 5.41) is 8.77. The molecule has 1 aromatic carbocycles. The van der Waals surface area contributed by atoms with Crippen molar-refractivity contribution in [3.63, 3.8) is 0 Å². The normalized spacial score (nSPS) is 10.1. The molecule has 18 heavy (non-hydrogen) atoms. The molecule has 1 heterocycles. The summed E-state index contributed by atoms with van der Waals surface area (Å²) in [5.41, 5.74) is 2.89. The van der Waals surface area contributed by atoms with Gasteiger partial charge in [0.15, 0.2) is 0 Å². The Morgan fingerprint density at radius 2 is 2.00 bits per heavy atom. The van der Waals surface area contributed by atoms with Crippen LogP contribution in [-0.2, 0) is 13.5 Å². The van der Waals surface area contributed by atoms with Gasteiger partial charge in [0.2, 0.25) is 0 Å². The van der Waals surface area contributed by atoms with Gasteiger partial charge in [-0.1, -0.05) is 0 Å². The van der Waals surface area contributed by atoms with E-state index in [9.17, 15) is 0 Å². The molecule has 2 rings (SSSR count). The molecule has 0 bridgehead atoms. The molecule has 0 atom stereocenters. The topological polar surface area (TPSA) is 50.8 Å². The van der Waals surface area contributed by atoms with Gasteiger partial charge in [-0.3, -0.25) is 0 Å². The third-order valence-electron chi connectivity index (χ3n) is 3.07. The van der Waals surface area contributed by atoms with Crippen LogP contribution in [0.1, 0.15) is 11.4 Å². The largest absolute Gasteiger partial charge is 0.497 e. The van der Waals surface area contributed by atoms with Crippen LogP contribution in [0.2, 0.25) is 0 Å². The highest BCUT2D eigenvalue weighted by Gasteiger charge is 2.12. The van der Waals surface area contributed by atoms with Crippen molar-refractivity contribution < 1.29 is 4.74 Å². The first-order valence-electron chi connectivity index (χ1n) is 5.71. The van der Waals surface area contributed by atoms with Crippen molar-refractivity contribution in [2.75, 3.05) is 7.11 Å². The molecule has 0 fully saturated rings. The monoisotopic (exact) mass is 241 g/mol. The minimum Gasteiger partial charge on any atom is -0.497 e. The maximum atomic E-state index is 8.77. The van der Waals surface area contributed by atoms with Crippen molar-refractivity contribution in [3.8, 4) is 23.2 Å². The first-order valence-corrected chi connectivity index (χ1v) is 5.71. The van der Waals surface area contributed by atoms with E-state index >= 15 is 0 Å². The van der Waals surface area contributed by atoms with Crippen LogP contribution in [0.15, 0.2) is 24.3 Å². The molecule has 0 aliphatic carbocycles. The van der Waals surface area contributed by atoms with E-state index < -0.39 is 0 Å². The van der Waals surface area contributed by atoms with Gasteiger partial charge in [-0.2, -0.15) is 5.26 Å². The van der Waals surface area contributed by atoms with Gasteiger partial charge < -0.3 is 9.30 Å². The molecule has 1 aromatic heterocycles. The number of imidazole rings is 1. The molecule has 0 aliphatic rings. The highest BCUT2D eigenvalue weighted by molar-refractivity contribution is 5.58. The molecule has 0 amide bonds. The summed E-state index contributed by atoms with van der Waals surface area (Å²) in [4.78, 5) is 4.52. The molecule has 0 radical (unpaired) electrons. The number of rotatable bonds is 3. The van der Waals surface area contributed by atoms with Crippen LogP contribution < -0.4 is 4.74 Å². The minimum absolute atomic E-state index is 0.343. The Morgan fingerprint density at radius 3 is 2.56 bits per heavy atom. The second-order valence-corrected chi connectivity index (χ2v) is 4.09. The van der Waals surface area contributed by atoms with Crippen LogP contribution in [0, 0.1) is 18.3 Å². The lowest BCUT2D eigenvalue weighted by atomic mass is 10.2. The average Bonchev–Trinajstić information content (AvgIpc) is 2.68. The van der Waals surface area contributed by atoms with Gasteiger partial charge >= 0.3 is 0 Å². The Balaban J connectivity index is 2.44. The molecule has 0 unspecified atom stereocenters. The van der Waals surface area contributed by atoms with Gasteiger partial charge in [-0.25, -0.2) is 4.98 Å². The molecular formula is C14H15N3O. The van der Waals surface area contributed by atoms with Gasteiger partial charge in [0, 0.05) is 18.3 Å².